The van der Waals surface area contributed by atoms with Crippen LogP contribution in [0, 0.1) is 5.92 Å². The second-order valence-corrected chi connectivity index (χ2v) is 7.23. The van der Waals surface area contributed by atoms with E-state index in [0.29, 0.717) is 5.92 Å². The van der Waals surface area contributed by atoms with E-state index in [0.717, 1.165) is 43.7 Å². The predicted molar refractivity (Wildman–Crippen MR) is 99.5 cm³/mol. The van der Waals surface area contributed by atoms with Crippen molar-refractivity contribution in [3.63, 3.8) is 0 Å². The van der Waals surface area contributed by atoms with Gasteiger partial charge < -0.3 is 9.64 Å². The summed E-state index contributed by atoms with van der Waals surface area (Å²) in [5, 5.41) is 0. The highest BCUT2D eigenvalue weighted by atomic mass is 16.5. The van der Waals surface area contributed by atoms with E-state index in [-0.39, 0.29) is 12.0 Å². The number of hydrogen-bond donors (Lipinski definition) is 0. The SMILES string of the molecule is O=C(c1ccc(-c2ccccc2)cc1)N(CC1CC1)C[C@H]1CCCO1. The molecule has 3 nitrogen and oxygen atoms in total. The van der Waals surface area contributed by atoms with E-state index >= 15 is 0 Å². The predicted octanol–water partition coefficient (Wildman–Crippen LogP) is 4.38. The Labute approximate surface area is 149 Å². The molecule has 1 amide bonds. The van der Waals surface area contributed by atoms with Crippen molar-refractivity contribution in [2.24, 2.45) is 5.92 Å². The van der Waals surface area contributed by atoms with Crippen molar-refractivity contribution in [1.82, 2.24) is 4.90 Å². The van der Waals surface area contributed by atoms with Gasteiger partial charge in [0.15, 0.2) is 0 Å². The van der Waals surface area contributed by atoms with Crippen LogP contribution in [-0.2, 0) is 4.74 Å². The molecule has 0 aromatic heterocycles. The summed E-state index contributed by atoms with van der Waals surface area (Å²) in [4.78, 5) is 15.0. The molecule has 2 aromatic carbocycles. The van der Waals surface area contributed by atoms with E-state index in [1.807, 2.05) is 47.4 Å². The summed E-state index contributed by atoms with van der Waals surface area (Å²) in [7, 11) is 0. The van der Waals surface area contributed by atoms with Crippen molar-refractivity contribution in [1.29, 1.82) is 0 Å². The van der Waals surface area contributed by atoms with Crippen molar-refractivity contribution < 1.29 is 9.53 Å². The largest absolute Gasteiger partial charge is 0.376 e. The molecule has 0 unspecified atom stereocenters. The van der Waals surface area contributed by atoms with Crippen LogP contribution in [0.5, 0.6) is 0 Å². The van der Waals surface area contributed by atoms with E-state index < -0.39 is 0 Å². The second-order valence-electron chi connectivity index (χ2n) is 7.23. The van der Waals surface area contributed by atoms with Gasteiger partial charge in [-0.15, -0.1) is 0 Å². The lowest BCUT2D eigenvalue weighted by Crippen LogP contribution is -2.38. The van der Waals surface area contributed by atoms with Crippen LogP contribution in [0.25, 0.3) is 11.1 Å². The van der Waals surface area contributed by atoms with E-state index in [2.05, 4.69) is 12.1 Å². The number of hydrogen-bond acceptors (Lipinski definition) is 2. The monoisotopic (exact) mass is 335 g/mol. The Balaban J connectivity index is 1.48. The lowest BCUT2D eigenvalue weighted by molar-refractivity contribution is 0.0515. The number of benzene rings is 2. The maximum atomic E-state index is 13.0. The first kappa shape index (κ1) is 16.3. The molecule has 1 atom stereocenters. The van der Waals surface area contributed by atoms with Crippen LogP contribution in [0.2, 0.25) is 0 Å². The summed E-state index contributed by atoms with van der Waals surface area (Å²) in [5.41, 5.74) is 3.10. The normalized spacial score (nSPS) is 19.8. The fourth-order valence-corrected chi connectivity index (χ4v) is 3.51. The molecule has 1 saturated carbocycles. The van der Waals surface area contributed by atoms with Gasteiger partial charge in [-0.05, 0) is 54.9 Å². The average molecular weight is 335 g/mol. The molecular weight excluding hydrogens is 310 g/mol. The molecule has 1 saturated heterocycles. The summed E-state index contributed by atoms with van der Waals surface area (Å²) in [6.45, 7) is 2.44. The van der Waals surface area contributed by atoms with Gasteiger partial charge in [0, 0.05) is 25.3 Å². The smallest absolute Gasteiger partial charge is 0.253 e. The Morgan fingerprint density at radius 3 is 2.28 bits per heavy atom. The lowest BCUT2D eigenvalue weighted by atomic mass is 10.0. The van der Waals surface area contributed by atoms with E-state index in [1.165, 1.54) is 18.4 Å². The molecule has 2 aliphatic rings. The van der Waals surface area contributed by atoms with Crippen LogP contribution in [0.1, 0.15) is 36.0 Å². The van der Waals surface area contributed by atoms with Crippen LogP contribution < -0.4 is 0 Å². The van der Waals surface area contributed by atoms with Gasteiger partial charge >= 0.3 is 0 Å². The van der Waals surface area contributed by atoms with Gasteiger partial charge in [0.25, 0.3) is 5.91 Å². The molecule has 4 rings (SSSR count). The minimum atomic E-state index is 0.141. The van der Waals surface area contributed by atoms with E-state index in [4.69, 9.17) is 4.74 Å². The third-order valence-electron chi connectivity index (χ3n) is 5.15. The number of carbonyl (C=O) groups is 1. The van der Waals surface area contributed by atoms with Gasteiger partial charge in [-0.25, -0.2) is 0 Å². The topological polar surface area (TPSA) is 29.5 Å². The molecule has 3 heteroatoms. The molecule has 1 heterocycles. The van der Waals surface area contributed by atoms with E-state index in [9.17, 15) is 4.79 Å². The van der Waals surface area contributed by atoms with Crippen LogP contribution in [0.15, 0.2) is 54.6 Å². The number of carbonyl (C=O) groups excluding carboxylic acids is 1. The van der Waals surface area contributed by atoms with Crippen molar-refractivity contribution in [3.05, 3.63) is 60.2 Å². The maximum absolute atomic E-state index is 13.0. The summed E-state index contributed by atoms with van der Waals surface area (Å²) in [5.74, 6) is 0.830. The van der Waals surface area contributed by atoms with Crippen LogP contribution >= 0.6 is 0 Å². The van der Waals surface area contributed by atoms with Gasteiger partial charge in [0.2, 0.25) is 0 Å². The number of nitrogens with zero attached hydrogens (tertiary/aromatic N) is 1. The maximum Gasteiger partial charge on any atom is 0.253 e. The van der Waals surface area contributed by atoms with Gasteiger partial charge in [-0.1, -0.05) is 42.5 Å². The van der Waals surface area contributed by atoms with Crippen molar-refractivity contribution >= 4 is 5.91 Å². The van der Waals surface area contributed by atoms with Gasteiger partial charge in [-0.3, -0.25) is 4.79 Å². The van der Waals surface area contributed by atoms with Crippen LogP contribution in [-0.4, -0.2) is 36.6 Å². The zero-order chi connectivity index (χ0) is 17.1. The molecule has 1 aliphatic heterocycles. The van der Waals surface area contributed by atoms with Crippen molar-refractivity contribution in [2.45, 2.75) is 31.8 Å². The minimum Gasteiger partial charge on any atom is -0.376 e. The van der Waals surface area contributed by atoms with Crippen LogP contribution in [0.3, 0.4) is 0 Å². The Kier molecular flexibility index (Phi) is 4.84. The standard InChI is InChI=1S/C22H25NO2/c24-22(23(15-17-8-9-17)16-21-7-4-14-25-21)20-12-10-19(11-13-20)18-5-2-1-3-6-18/h1-3,5-6,10-13,17,21H,4,7-9,14-16H2/t21-/m1/s1. The summed E-state index contributed by atoms with van der Waals surface area (Å²) in [6, 6.07) is 18.3. The number of amides is 1. The number of rotatable bonds is 6. The minimum absolute atomic E-state index is 0.141. The second kappa shape index (κ2) is 7.40. The highest BCUT2D eigenvalue weighted by Crippen LogP contribution is 2.31. The Morgan fingerprint density at radius 2 is 1.64 bits per heavy atom. The van der Waals surface area contributed by atoms with Crippen molar-refractivity contribution in [3.8, 4) is 11.1 Å². The molecular formula is C22H25NO2. The summed E-state index contributed by atoms with van der Waals surface area (Å²) >= 11 is 0. The fourth-order valence-electron chi connectivity index (χ4n) is 3.51. The van der Waals surface area contributed by atoms with Gasteiger partial charge in [0.05, 0.1) is 6.10 Å². The molecule has 2 fully saturated rings. The lowest BCUT2D eigenvalue weighted by Gasteiger charge is -2.25. The molecule has 0 radical (unpaired) electrons. The van der Waals surface area contributed by atoms with E-state index in [1.54, 1.807) is 0 Å². The van der Waals surface area contributed by atoms with Gasteiger partial charge in [-0.2, -0.15) is 0 Å². The average Bonchev–Trinajstić information content (AvgIpc) is 3.34. The third-order valence-corrected chi connectivity index (χ3v) is 5.15. The Morgan fingerprint density at radius 1 is 0.920 bits per heavy atom. The first-order chi connectivity index (χ1) is 12.3. The number of ether oxygens (including phenoxy) is 1. The molecule has 0 spiro atoms. The van der Waals surface area contributed by atoms with Crippen molar-refractivity contribution in [2.75, 3.05) is 19.7 Å². The molecule has 25 heavy (non-hydrogen) atoms. The molecule has 0 N–H and O–H groups in total. The molecule has 2 aromatic rings. The quantitative estimate of drug-likeness (QED) is 0.784. The Bertz CT molecular complexity index is 701. The Hall–Kier alpha value is -2.13. The fraction of sp³-hybridized carbons (Fsp3) is 0.409. The summed E-state index contributed by atoms with van der Waals surface area (Å²) < 4.78 is 5.75. The molecule has 0 bridgehead atoms. The zero-order valence-corrected chi connectivity index (χ0v) is 14.6. The summed E-state index contributed by atoms with van der Waals surface area (Å²) in [6.07, 6.45) is 4.90. The molecule has 1 aliphatic carbocycles. The van der Waals surface area contributed by atoms with Gasteiger partial charge in [0.1, 0.15) is 0 Å². The highest BCUT2D eigenvalue weighted by molar-refractivity contribution is 5.94. The molecule has 130 valence electrons. The zero-order valence-electron chi connectivity index (χ0n) is 14.6. The van der Waals surface area contributed by atoms with Crippen LogP contribution in [0.4, 0.5) is 0 Å². The highest BCUT2D eigenvalue weighted by Gasteiger charge is 2.30. The first-order valence-electron chi connectivity index (χ1n) is 9.36. The third kappa shape index (κ3) is 4.10. The first-order valence-corrected chi connectivity index (χ1v) is 9.36.